The molecule has 0 atom stereocenters. The molecule has 1 saturated heterocycles. The number of rotatable bonds is 5. The van der Waals surface area contributed by atoms with Crippen molar-refractivity contribution in [1.82, 2.24) is 10.2 Å². The molecule has 0 aromatic heterocycles. The first-order chi connectivity index (χ1) is 13.1. The highest BCUT2D eigenvalue weighted by Crippen LogP contribution is 2.24. The monoisotopic (exact) mass is 446 g/mol. The van der Waals surface area contributed by atoms with E-state index in [9.17, 15) is 4.79 Å². The second-order valence-corrected chi connectivity index (χ2v) is 7.83. The number of hydrogen-bond donors (Lipinski definition) is 1. The standard InChI is InChI=1S/C21H23BrN2O2S/c22-17-9-10-19(26-14-11-16-7-3-1-4-8-16)18(15-17)20(25)23-21(27)24-12-5-2-6-13-24/h1,3-4,7-10,15H,2,5-6,11-14H2,(H,23,25,27). The number of benzene rings is 2. The predicted octanol–water partition coefficient (Wildman–Crippen LogP) is 4.57. The van der Waals surface area contributed by atoms with Gasteiger partial charge in [-0.3, -0.25) is 10.1 Å². The van der Waals surface area contributed by atoms with Crippen LogP contribution in [0.5, 0.6) is 5.75 Å². The molecule has 3 rings (SSSR count). The van der Waals surface area contributed by atoms with E-state index >= 15 is 0 Å². The number of amides is 1. The summed E-state index contributed by atoms with van der Waals surface area (Å²) in [6, 6.07) is 15.6. The van der Waals surface area contributed by atoms with Crippen molar-refractivity contribution in [2.75, 3.05) is 19.7 Å². The third kappa shape index (κ3) is 5.78. The quantitative estimate of drug-likeness (QED) is 0.682. The van der Waals surface area contributed by atoms with Gasteiger partial charge in [0.1, 0.15) is 5.75 Å². The van der Waals surface area contributed by atoms with Gasteiger partial charge in [-0.05, 0) is 55.2 Å². The highest BCUT2D eigenvalue weighted by Gasteiger charge is 2.19. The molecule has 27 heavy (non-hydrogen) atoms. The lowest BCUT2D eigenvalue weighted by molar-refractivity contribution is 0.0968. The smallest absolute Gasteiger partial charge is 0.261 e. The zero-order chi connectivity index (χ0) is 19.1. The number of carbonyl (C=O) groups excluding carboxylic acids is 1. The van der Waals surface area contributed by atoms with E-state index in [1.54, 1.807) is 6.07 Å². The van der Waals surface area contributed by atoms with Crippen LogP contribution in [-0.2, 0) is 6.42 Å². The van der Waals surface area contributed by atoms with Crippen molar-refractivity contribution < 1.29 is 9.53 Å². The van der Waals surface area contributed by atoms with E-state index in [0.29, 0.717) is 23.0 Å². The lowest BCUT2D eigenvalue weighted by Crippen LogP contribution is -2.45. The van der Waals surface area contributed by atoms with Crippen molar-refractivity contribution in [2.24, 2.45) is 0 Å². The highest BCUT2D eigenvalue weighted by atomic mass is 79.9. The minimum Gasteiger partial charge on any atom is -0.492 e. The van der Waals surface area contributed by atoms with Gasteiger partial charge in [0.15, 0.2) is 5.11 Å². The molecular weight excluding hydrogens is 424 g/mol. The van der Waals surface area contributed by atoms with Gasteiger partial charge >= 0.3 is 0 Å². The highest BCUT2D eigenvalue weighted by molar-refractivity contribution is 9.10. The molecule has 2 aromatic carbocycles. The van der Waals surface area contributed by atoms with Crippen LogP contribution in [0.1, 0.15) is 35.2 Å². The molecule has 1 N–H and O–H groups in total. The van der Waals surface area contributed by atoms with Crippen LogP contribution in [0.15, 0.2) is 53.0 Å². The number of hydrogen-bond acceptors (Lipinski definition) is 3. The number of nitrogens with zero attached hydrogens (tertiary/aromatic N) is 1. The molecule has 1 aliphatic rings. The van der Waals surface area contributed by atoms with Crippen molar-refractivity contribution in [3.8, 4) is 5.75 Å². The minimum atomic E-state index is -0.235. The third-order valence-electron chi connectivity index (χ3n) is 4.54. The topological polar surface area (TPSA) is 41.6 Å². The van der Waals surface area contributed by atoms with Crippen LogP contribution >= 0.6 is 28.1 Å². The molecule has 0 saturated carbocycles. The fraction of sp³-hybridized carbons (Fsp3) is 0.333. The molecule has 0 unspecified atom stereocenters. The van der Waals surface area contributed by atoms with Gasteiger partial charge in [-0.25, -0.2) is 0 Å². The molecule has 1 amide bonds. The van der Waals surface area contributed by atoms with E-state index in [2.05, 4.69) is 38.3 Å². The average Bonchev–Trinajstić information content (AvgIpc) is 2.70. The van der Waals surface area contributed by atoms with E-state index in [1.807, 2.05) is 30.3 Å². The van der Waals surface area contributed by atoms with E-state index in [0.717, 1.165) is 36.8 Å². The Hall–Kier alpha value is -1.92. The predicted molar refractivity (Wildman–Crippen MR) is 115 cm³/mol. The first-order valence-electron chi connectivity index (χ1n) is 9.20. The molecule has 6 heteroatoms. The zero-order valence-corrected chi connectivity index (χ0v) is 17.5. The Labute approximate surface area is 174 Å². The molecule has 1 aliphatic heterocycles. The molecule has 1 fully saturated rings. The average molecular weight is 447 g/mol. The summed E-state index contributed by atoms with van der Waals surface area (Å²) >= 11 is 8.85. The van der Waals surface area contributed by atoms with Crippen molar-refractivity contribution >= 4 is 39.2 Å². The molecule has 0 bridgehead atoms. The summed E-state index contributed by atoms with van der Waals surface area (Å²) in [6.45, 7) is 2.30. The first kappa shape index (κ1) is 19.8. The Bertz CT molecular complexity index is 792. The number of piperidine rings is 1. The summed E-state index contributed by atoms with van der Waals surface area (Å²) in [7, 11) is 0. The Morgan fingerprint density at radius 3 is 2.59 bits per heavy atom. The van der Waals surface area contributed by atoms with Crippen LogP contribution in [0.4, 0.5) is 0 Å². The maximum absolute atomic E-state index is 12.8. The van der Waals surface area contributed by atoms with Gasteiger partial charge in [0, 0.05) is 24.0 Å². The second kappa shape index (κ2) is 9.85. The summed E-state index contributed by atoms with van der Waals surface area (Å²) < 4.78 is 6.73. The fourth-order valence-electron chi connectivity index (χ4n) is 3.07. The normalized spacial score (nSPS) is 13.9. The molecule has 2 aromatic rings. The van der Waals surface area contributed by atoms with Gasteiger partial charge in [0.2, 0.25) is 0 Å². The Morgan fingerprint density at radius 2 is 1.85 bits per heavy atom. The minimum absolute atomic E-state index is 0.235. The van der Waals surface area contributed by atoms with Crippen molar-refractivity contribution in [3.05, 3.63) is 64.1 Å². The summed E-state index contributed by atoms with van der Waals surface area (Å²) in [5.41, 5.74) is 1.68. The van der Waals surface area contributed by atoms with Gasteiger partial charge in [-0.15, -0.1) is 0 Å². The summed E-state index contributed by atoms with van der Waals surface area (Å²) in [5.74, 6) is 0.328. The second-order valence-electron chi connectivity index (χ2n) is 6.53. The van der Waals surface area contributed by atoms with Gasteiger partial charge in [-0.1, -0.05) is 46.3 Å². The van der Waals surface area contributed by atoms with Crippen LogP contribution in [0.2, 0.25) is 0 Å². The van der Waals surface area contributed by atoms with Gasteiger partial charge in [-0.2, -0.15) is 0 Å². The van der Waals surface area contributed by atoms with Crippen molar-refractivity contribution in [2.45, 2.75) is 25.7 Å². The van der Waals surface area contributed by atoms with Crippen LogP contribution in [0.3, 0.4) is 0 Å². The Morgan fingerprint density at radius 1 is 1.11 bits per heavy atom. The molecule has 0 spiro atoms. The van der Waals surface area contributed by atoms with E-state index < -0.39 is 0 Å². The molecule has 0 radical (unpaired) electrons. The van der Waals surface area contributed by atoms with Crippen LogP contribution in [-0.4, -0.2) is 35.6 Å². The van der Waals surface area contributed by atoms with E-state index in [4.69, 9.17) is 17.0 Å². The summed E-state index contributed by atoms with van der Waals surface area (Å²) in [4.78, 5) is 14.8. The number of carbonyl (C=O) groups is 1. The summed E-state index contributed by atoms with van der Waals surface area (Å²) in [6.07, 6.45) is 4.23. The largest absolute Gasteiger partial charge is 0.492 e. The number of halogens is 1. The number of ether oxygens (including phenoxy) is 1. The lowest BCUT2D eigenvalue weighted by atomic mass is 10.1. The fourth-order valence-corrected chi connectivity index (χ4v) is 3.71. The Balaban J connectivity index is 1.63. The maximum atomic E-state index is 12.8. The molecule has 1 heterocycles. The van der Waals surface area contributed by atoms with Gasteiger partial charge in [0.25, 0.3) is 5.91 Å². The van der Waals surface area contributed by atoms with Crippen molar-refractivity contribution in [1.29, 1.82) is 0 Å². The number of thiocarbonyl (C=S) groups is 1. The first-order valence-corrected chi connectivity index (χ1v) is 10.4. The number of nitrogens with one attached hydrogen (secondary N) is 1. The van der Waals surface area contributed by atoms with Gasteiger partial charge in [0.05, 0.1) is 12.2 Å². The van der Waals surface area contributed by atoms with Crippen molar-refractivity contribution in [3.63, 3.8) is 0 Å². The van der Waals surface area contributed by atoms with Gasteiger partial charge < -0.3 is 9.64 Å². The number of likely N-dealkylation sites (tertiary alicyclic amines) is 1. The van der Waals surface area contributed by atoms with Crippen LogP contribution in [0, 0.1) is 0 Å². The maximum Gasteiger partial charge on any atom is 0.261 e. The molecule has 4 nitrogen and oxygen atoms in total. The summed E-state index contributed by atoms with van der Waals surface area (Å²) in [5, 5.41) is 3.35. The zero-order valence-electron chi connectivity index (χ0n) is 15.1. The molecular formula is C21H23BrN2O2S. The van der Waals surface area contributed by atoms with E-state index in [1.165, 1.54) is 12.0 Å². The lowest BCUT2D eigenvalue weighted by Gasteiger charge is -2.29. The molecule has 142 valence electrons. The third-order valence-corrected chi connectivity index (χ3v) is 5.39. The molecule has 0 aliphatic carbocycles. The van der Waals surface area contributed by atoms with Crippen LogP contribution < -0.4 is 10.1 Å². The van der Waals surface area contributed by atoms with E-state index in [-0.39, 0.29) is 5.91 Å². The SMILES string of the molecule is O=C(NC(=S)N1CCCCC1)c1cc(Br)ccc1OCCc1ccccc1. The van der Waals surface area contributed by atoms with Crippen LogP contribution in [0.25, 0.3) is 0 Å². The Kier molecular flexibility index (Phi) is 7.24.